The lowest BCUT2D eigenvalue weighted by molar-refractivity contribution is -0.135. The van der Waals surface area contributed by atoms with Crippen molar-refractivity contribution in [2.24, 2.45) is 0 Å². The van der Waals surface area contributed by atoms with Gasteiger partial charge in [-0.25, -0.2) is 4.79 Å². The number of rotatable bonds is 1. The zero-order valence-corrected chi connectivity index (χ0v) is 11.8. The van der Waals surface area contributed by atoms with Crippen LogP contribution >= 0.6 is 0 Å². The molecule has 6 heteroatoms. The number of ether oxygens (including phenoxy) is 1. The molecular formula is C15H15N3O3. The SMILES string of the molecule is COC1c2c([nH]c3ccccc23)CN2C(=O)NC(=O)C12C. The summed E-state index contributed by atoms with van der Waals surface area (Å²) in [4.78, 5) is 29.2. The number of carbonyl (C=O) groups excluding carboxylic acids is 2. The van der Waals surface area contributed by atoms with E-state index >= 15 is 0 Å². The lowest BCUT2D eigenvalue weighted by Gasteiger charge is -2.41. The van der Waals surface area contributed by atoms with Gasteiger partial charge in [0.05, 0.1) is 6.54 Å². The molecule has 1 fully saturated rings. The van der Waals surface area contributed by atoms with Crippen molar-refractivity contribution in [2.45, 2.75) is 25.1 Å². The Morgan fingerprint density at radius 2 is 2.10 bits per heavy atom. The summed E-state index contributed by atoms with van der Waals surface area (Å²) in [5.74, 6) is -0.310. The highest BCUT2D eigenvalue weighted by atomic mass is 16.5. The first-order valence-electron chi connectivity index (χ1n) is 6.82. The van der Waals surface area contributed by atoms with Crippen molar-refractivity contribution < 1.29 is 14.3 Å². The van der Waals surface area contributed by atoms with Gasteiger partial charge in [-0.3, -0.25) is 10.1 Å². The topological polar surface area (TPSA) is 74.4 Å². The molecule has 21 heavy (non-hydrogen) atoms. The number of para-hydroxylation sites is 1. The van der Waals surface area contributed by atoms with Crippen LogP contribution in [0.15, 0.2) is 24.3 Å². The quantitative estimate of drug-likeness (QED) is 0.783. The van der Waals surface area contributed by atoms with E-state index in [9.17, 15) is 9.59 Å². The number of nitrogens with one attached hydrogen (secondary N) is 2. The molecule has 2 aromatic rings. The van der Waals surface area contributed by atoms with E-state index < -0.39 is 11.6 Å². The first-order valence-corrected chi connectivity index (χ1v) is 6.82. The van der Waals surface area contributed by atoms with Crippen LogP contribution in [0, 0.1) is 0 Å². The Hall–Kier alpha value is -2.34. The Morgan fingerprint density at radius 1 is 1.33 bits per heavy atom. The maximum Gasteiger partial charge on any atom is 0.325 e. The number of amides is 3. The molecule has 3 amide bonds. The molecule has 1 aromatic carbocycles. The highest BCUT2D eigenvalue weighted by molar-refractivity contribution is 6.08. The van der Waals surface area contributed by atoms with Crippen molar-refractivity contribution in [1.29, 1.82) is 0 Å². The number of aromatic amines is 1. The lowest BCUT2D eigenvalue weighted by atomic mass is 9.83. The van der Waals surface area contributed by atoms with E-state index in [1.807, 2.05) is 24.3 Å². The fraction of sp³-hybridized carbons (Fsp3) is 0.333. The fourth-order valence-electron chi connectivity index (χ4n) is 3.55. The van der Waals surface area contributed by atoms with Crippen molar-refractivity contribution in [2.75, 3.05) is 7.11 Å². The minimum absolute atomic E-state index is 0.310. The maximum absolute atomic E-state index is 12.3. The fourth-order valence-corrected chi connectivity index (χ4v) is 3.55. The van der Waals surface area contributed by atoms with Gasteiger partial charge >= 0.3 is 6.03 Å². The van der Waals surface area contributed by atoms with Gasteiger partial charge in [0.1, 0.15) is 6.10 Å². The summed E-state index contributed by atoms with van der Waals surface area (Å²) in [7, 11) is 1.57. The van der Waals surface area contributed by atoms with E-state index in [-0.39, 0.29) is 11.9 Å². The van der Waals surface area contributed by atoms with E-state index in [1.54, 1.807) is 18.9 Å². The van der Waals surface area contributed by atoms with Crippen LogP contribution in [0.4, 0.5) is 4.79 Å². The Morgan fingerprint density at radius 3 is 2.86 bits per heavy atom. The van der Waals surface area contributed by atoms with Crippen LogP contribution in [-0.4, -0.2) is 34.5 Å². The standard InChI is InChI=1S/C15H15N3O3/c1-15-12(21-2)11-8-5-3-4-6-9(8)16-10(11)7-18(15)14(20)17-13(15)19/h3-6,12,16H,7H2,1-2H3,(H,17,19,20). The molecule has 2 aliphatic rings. The van der Waals surface area contributed by atoms with Crippen LogP contribution in [0.25, 0.3) is 10.9 Å². The van der Waals surface area contributed by atoms with Crippen molar-refractivity contribution in [3.8, 4) is 0 Å². The number of urea groups is 1. The summed E-state index contributed by atoms with van der Waals surface area (Å²) < 4.78 is 5.65. The molecule has 2 N–H and O–H groups in total. The second kappa shape index (κ2) is 3.85. The Labute approximate surface area is 121 Å². The number of fused-ring (bicyclic) bond motifs is 4. The molecule has 6 nitrogen and oxygen atoms in total. The van der Waals surface area contributed by atoms with Gasteiger partial charge in [-0.05, 0) is 13.0 Å². The van der Waals surface area contributed by atoms with Gasteiger partial charge in [0.25, 0.3) is 5.91 Å². The molecular weight excluding hydrogens is 270 g/mol. The number of nitrogens with zero attached hydrogens (tertiary/aromatic N) is 1. The highest BCUT2D eigenvalue weighted by Crippen LogP contribution is 2.46. The van der Waals surface area contributed by atoms with Crippen molar-refractivity contribution in [3.05, 3.63) is 35.5 Å². The minimum atomic E-state index is -1.01. The van der Waals surface area contributed by atoms with Crippen LogP contribution in [0.2, 0.25) is 0 Å². The molecule has 2 atom stereocenters. The number of methoxy groups -OCH3 is 1. The van der Waals surface area contributed by atoms with Crippen LogP contribution in [-0.2, 0) is 16.1 Å². The average Bonchev–Trinajstić information content (AvgIpc) is 2.94. The summed E-state index contributed by atoms with van der Waals surface area (Å²) in [5.41, 5.74) is 1.87. The summed E-state index contributed by atoms with van der Waals surface area (Å²) in [6, 6.07) is 7.53. The number of benzene rings is 1. The Kier molecular flexibility index (Phi) is 2.28. The average molecular weight is 285 g/mol. The van der Waals surface area contributed by atoms with Crippen LogP contribution in [0.1, 0.15) is 24.3 Å². The van der Waals surface area contributed by atoms with E-state index in [0.29, 0.717) is 6.54 Å². The van der Waals surface area contributed by atoms with Gasteiger partial charge in [-0.2, -0.15) is 0 Å². The maximum atomic E-state index is 12.3. The van der Waals surface area contributed by atoms with Gasteiger partial charge < -0.3 is 14.6 Å². The molecule has 2 unspecified atom stereocenters. The zero-order chi connectivity index (χ0) is 14.8. The van der Waals surface area contributed by atoms with Gasteiger partial charge in [-0.15, -0.1) is 0 Å². The highest BCUT2D eigenvalue weighted by Gasteiger charge is 2.58. The number of hydrogen-bond acceptors (Lipinski definition) is 3. The molecule has 0 bridgehead atoms. The summed E-state index contributed by atoms with van der Waals surface area (Å²) in [5, 5.41) is 3.43. The number of imide groups is 1. The summed E-state index contributed by atoms with van der Waals surface area (Å²) in [6.07, 6.45) is -0.496. The van der Waals surface area contributed by atoms with Gasteiger partial charge in [0.15, 0.2) is 5.54 Å². The van der Waals surface area contributed by atoms with Crippen molar-refractivity contribution in [3.63, 3.8) is 0 Å². The van der Waals surface area contributed by atoms with E-state index in [1.165, 1.54) is 0 Å². The van der Waals surface area contributed by atoms with Gasteiger partial charge in [0.2, 0.25) is 0 Å². The van der Waals surface area contributed by atoms with Crippen LogP contribution in [0.5, 0.6) is 0 Å². The molecule has 0 spiro atoms. The van der Waals surface area contributed by atoms with Crippen molar-refractivity contribution >= 4 is 22.8 Å². The van der Waals surface area contributed by atoms with E-state index in [0.717, 1.165) is 22.2 Å². The molecule has 0 aliphatic carbocycles. The number of aromatic nitrogens is 1. The van der Waals surface area contributed by atoms with Gasteiger partial charge in [0, 0.05) is 29.3 Å². The number of carbonyl (C=O) groups is 2. The minimum Gasteiger partial charge on any atom is -0.374 e. The third kappa shape index (κ3) is 1.35. The Bertz CT molecular complexity index is 782. The smallest absolute Gasteiger partial charge is 0.325 e. The molecule has 108 valence electrons. The molecule has 0 saturated carbocycles. The number of hydrogen-bond donors (Lipinski definition) is 2. The molecule has 2 aliphatic heterocycles. The summed E-state index contributed by atoms with van der Waals surface area (Å²) >= 11 is 0. The third-order valence-corrected chi connectivity index (χ3v) is 4.64. The molecule has 0 radical (unpaired) electrons. The second-order valence-electron chi connectivity index (χ2n) is 5.67. The third-order valence-electron chi connectivity index (χ3n) is 4.64. The molecule has 3 heterocycles. The molecule has 4 rings (SSSR count). The predicted molar refractivity (Wildman–Crippen MR) is 75.5 cm³/mol. The van der Waals surface area contributed by atoms with E-state index in [4.69, 9.17) is 4.74 Å². The van der Waals surface area contributed by atoms with E-state index in [2.05, 4.69) is 10.3 Å². The second-order valence-corrected chi connectivity index (χ2v) is 5.67. The van der Waals surface area contributed by atoms with Crippen LogP contribution < -0.4 is 5.32 Å². The monoisotopic (exact) mass is 285 g/mol. The Balaban J connectivity index is 2.01. The largest absolute Gasteiger partial charge is 0.374 e. The molecule has 1 aromatic heterocycles. The normalized spacial score (nSPS) is 27.7. The van der Waals surface area contributed by atoms with Crippen LogP contribution in [0.3, 0.4) is 0 Å². The predicted octanol–water partition coefficient (Wildman–Crippen LogP) is 1.68. The first kappa shape index (κ1) is 12.4. The number of H-pyrrole nitrogens is 1. The van der Waals surface area contributed by atoms with Crippen molar-refractivity contribution in [1.82, 2.24) is 15.2 Å². The zero-order valence-electron chi connectivity index (χ0n) is 11.8. The lowest BCUT2D eigenvalue weighted by Crippen LogP contribution is -2.54. The molecule has 1 saturated heterocycles. The van der Waals surface area contributed by atoms with Gasteiger partial charge in [-0.1, -0.05) is 18.2 Å². The first-order chi connectivity index (χ1) is 10.1. The summed E-state index contributed by atoms with van der Waals surface area (Å²) in [6.45, 7) is 2.13.